The van der Waals surface area contributed by atoms with Crippen molar-refractivity contribution in [3.8, 4) is 0 Å². The summed E-state index contributed by atoms with van der Waals surface area (Å²) < 4.78 is 19.5. The number of hydrogen-bond acceptors (Lipinski definition) is 2. The molecule has 0 spiro atoms. The molecule has 1 atom stereocenters. The Bertz CT molecular complexity index is 791. The van der Waals surface area contributed by atoms with E-state index in [0.29, 0.717) is 5.58 Å². The summed E-state index contributed by atoms with van der Waals surface area (Å²) in [5, 5.41) is 4.03. The first-order chi connectivity index (χ1) is 10.1. The third-order valence-electron chi connectivity index (χ3n) is 3.95. The molecule has 0 amide bonds. The predicted molar refractivity (Wildman–Crippen MR) is 83.0 cm³/mol. The number of hydrogen-bond donors (Lipinski definition) is 1. The molecule has 0 bridgehead atoms. The van der Waals surface area contributed by atoms with Crippen LogP contribution in [-0.2, 0) is 0 Å². The molecule has 1 unspecified atom stereocenters. The zero-order valence-corrected chi connectivity index (χ0v) is 12.4. The Labute approximate surface area is 123 Å². The number of nitrogens with one attached hydrogen (secondary N) is 1. The van der Waals surface area contributed by atoms with Crippen LogP contribution in [0.2, 0.25) is 0 Å². The van der Waals surface area contributed by atoms with E-state index in [-0.39, 0.29) is 11.9 Å². The van der Waals surface area contributed by atoms with E-state index in [2.05, 4.69) is 37.4 Å². The summed E-state index contributed by atoms with van der Waals surface area (Å²) >= 11 is 0. The van der Waals surface area contributed by atoms with Gasteiger partial charge in [0.05, 0.1) is 6.04 Å². The maximum absolute atomic E-state index is 13.8. The Balaban J connectivity index is 2.09. The fraction of sp³-hybridized carbons (Fsp3) is 0.222. The van der Waals surface area contributed by atoms with E-state index in [4.69, 9.17) is 4.42 Å². The second-order valence-electron chi connectivity index (χ2n) is 5.37. The molecule has 1 aromatic heterocycles. The second-order valence-corrected chi connectivity index (χ2v) is 5.37. The standard InChI is InChI=1S/C18H18FNO/c1-11-7-8-13(9-12(11)2)17(20-3)16-10-14-5-4-6-15(19)18(14)21-16/h4-10,17,20H,1-3H3. The molecule has 1 heterocycles. The summed E-state index contributed by atoms with van der Waals surface area (Å²) in [6, 6.07) is 13.1. The van der Waals surface area contributed by atoms with Crippen LogP contribution in [0.25, 0.3) is 11.0 Å². The van der Waals surface area contributed by atoms with Crippen LogP contribution in [0.1, 0.15) is 28.5 Å². The highest BCUT2D eigenvalue weighted by atomic mass is 19.1. The summed E-state index contributed by atoms with van der Waals surface area (Å²) in [7, 11) is 1.88. The summed E-state index contributed by atoms with van der Waals surface area (Å²) in [4.78, 5) is 0. The topological polar surface area (TPSA) is 25.2 Å². The molecular weight excluding hydrogens is 265 g/mol. The first-order valence-electron chi connectivity index (χ1n) is 7.02. The molecule has 2 nitrogen and oxygen atoms in total. The van der Waals surface area contributed by atoms with Crippen LogP contribution in [-0.4, -0.2) is 7.05 Å². The van der Waals surface area contributed by atoms with Crippen molar-refractivity contribution in [3.63, 3.8) is 0 Å². The minimum atomic E-state index is -0.325. The minimum absolute atomic E-state index is 0.0869. The molecule has 0 aliphatic rings. The van der Waals surface area contributed by atoms with Gasteiger partial charge in [0, 0.05) is 5.39 Å². The third kappa shape index (κ3) is 2.45. The van der Waals surface area contributed by atoms with Crippen molar-refractivity contribution >= 4 is 11.0 Å². The van der Waals surface area contributed by atoms with Gasteiger partial charge in [-0.3, -0.25) is 0 Å². The molecule has 21 heavy (non-hydrogen) atoms. The van der Waals surface area contributed by atoms with Gasteiger partial charge in [-0.05, 0) is 49.7 Å². The van der Waals surface area contributed by atoms with Crippen molar-refractivity contribution in [2.24, 2.45) is 0 Å². The molecule has 0 aliphatic carbocycles. The summed E-state index contributed by atoms with van der Waals surface area (Å²) in [6.45, 7) is 4.17. The lowest BCUT2D eigenvalue weighted by molar-refractivity contribution is 0.476. The highest BCUT2D eigenvalue weighted by Crippen LogP contribution is 2.30. The van der Waals surface area contributed by atoms with Gasteiger partial charge in [-0.25, -0.2) is 4.39 Å². The van der Waals surface area contributed by atoms with E-state index >= 15 is 0 Å². The average molecular weight is 283 g/mol. The van der Waals surface area contributed by atoms with Crippen molar-refractivity contribution in [2.45, 2.75) is 19.9 Å². The normalized spacial score (nSPS) is 12.8. The van der Waals surface area contributed by atoms with E-state index in [1.54, 1.807) is 6.07 Å². The lowest BCUT2D eigenvalue weighted by Gasteiger charge is -2.15. The van der Waals surface area contributed by atoms with Crippen LogP contribution in [0.4, 0.5) is 4.39 Å². The van der Waals surface area contributed by atoms with E-state index in [0.717, 1.165) is 16.7 Å². The van der Waals surface area contributed by atoms with Gasteiger partial charge in [0.2, 0.25) is 0 Å². The van der Waals surface area contributed by atoms with E-state index < -0.39 is 0 Å². The molecule has 3 rings (SSSR count). The van der Waals surface area contributed by atoms with Crippen molar-refractivity contribution in [3.05, 3.63) is 70.7 Å². The highest BCUT2D eigenvalue weighted by Gasteiger charge is 2.18. The van der Waals surface area contributed by atoms with Gasteiger partial charge in [0.15, 0.2) is 11.4 Å². The van der Waals surface area contributed by atoms with Crippen molar-refractivity contribution in [2.75, 3.05) is 7.05 Å². The molecule has 3 aromatic rings. The van der Waals surface area contributed by atoms with Crippen LogP contribution in [0.3, 0.4) is 0 Å². The molecule has 2 aromatic carbocycles. The van der Waals surface area contributed by atoms with Crippen LogP contribution < -0.4 is 5.32 Å². The fourth-order valence-corrected chi connectivity index (χ4v) is 2.61. The van der Waals surface area contributed by atoms with Gasteiger partial charge in [0.25, 0.3) is 0 Å². The molecule has 0 aliphatic heterocycles. The SMILES string of the molecule is CNC(c1ccc(C)c(C)c1)c1cc2cccc(F)c2o1. The molecule has 3 heteroatoms. The Hall–Kier alpha value is -2.13. The summed E-state index contributed by atoms with van der Waals surface area (Å²) in [5.74, 6) is 0.398. The minimum Gasteiger partial charge on any atom is -0.456 e. The zero-order valence-electron chi connectivity index (χ0n) is 12.4. The van der Waals surface area contributed by atoms with Gasteiger partial charge in [-0.15, -0.1) is 0 Å². The molecule has 0 saturated carbocycles. The van der Waals surface area contributed by atoms with Gasteiger partial charge in [0.1, 0.15) is 5.76 Å². The number of para-hydroxylation sites is 1. The van der Waals surface area contributed by atoms with Crippen molar-refractivity contribution in [1.82, 2.24) is 5.32 Å². The molecular formula is C18H18FNO. The van der Waals surface area contributed by atoms with Crippen LogP contribution in [0.5, 0.6) is 0 Å². The first-order valence-corrected chi connectivity index (χ1v) is 7.02. The first kappa shape index (κ1) is 13.8. The number of rotatable bonds is 3. The van der Waals surface area contributed by atoms with Crippen LogP contribution in [0.15, 0.2) is 46.9 Å². The fourth-order valence-electron chi connectivity index (χ4n) is 2.61. The van der Waals surface area contributed by atoms with Gasteiger partial charge in [-0.2, -0.15) is 0 Å². The van der Waals surface area contributed by atoms with Crippen LogP contribution in [0, 0.1) is 19.7 Å². The van der Waals surface area contributed by atoms with Crippen LogP contribution >= 0.6 is 0 Å². The smallest absolute Gasteiger partial charge is 0.169 e. The van der Waals surface area contributed by atoms with Gasteiger partial charge in [-0.1, -0.05) is 30.3 Å². The lowest BCUT2D eigenvalue weighted by atomic mass is 9.99. The number of fused-ring (bicyclic) bond motifs is 1. The predicted octanol–water partition coefficient (Wildman–Crippen LogP) is 4.50. The molecule has 0 fully saturated rings. The number of furan rings is 1. The Kier molecular flexibility index (Phi) is 3.52. The number of aryl methyl sites for hydroxylation is 2. The van der Waals surface area contributed by atoms with E-state index in [9.17, 15) is 4.39 Å². The maximum Gasteiger partial charge on any atom is 0.169 e. The summed E-state index contributed by atoms with van der Waals surface area (Å²) in [5.41, 5.74) is 3.91. The quantitative estimate of drug-likeness (QED) is 0.765. The molecule has 1 N–H and O–H groups in total. The number of benzene rings is 2. The van der Waals surface area contributed by atoms with E-state index in [1.165, 1.54) is 17.2 Å². The van der Waals surface area contributed by atoms with Gasteiger partial charge < -0.3 is 9.73 Å². The maximum atomic E-state index is 13.8. The highest BCUT2D eigenvalue weighted by molar-refractivity contribution is 5.78. The Morgan fingerprint density at radius 3 is 2.52 bits per heavy atom. The van der Waals surface area contributed by atoms with E-state index in [1.807, 2.05) is 19.2 Å². The Morgan fingerprint density at radius 2 is 1.86 bits per heavy atom. The molecule has 0 radical (unpaired) electrons. The number of halogens is 1. The summed E-state index contributed by atoms with van der Waals surface area (Å²) in [6.07, 6.45) is 0. The molecule has 108 valence electrons. The average Bonchev–Trinajstić information content (AvgIpc) is 2.89. The largest absolute Gasteiger partial charge is 0.456 e. The van der Waals surface area contributed by atoms with Crippen molar-refractivity contribution < 1.29 is 8.81 Å². The Morgan fingerprint density at radius 1 is 1.05 bits per heavy atom. The lowest BCUT2D eigenvalue weighted by Crippen LogP contribution is -2.17. The zero-order chi connectivity index (χ0) is 15.0. The monoisotopic (exact) mass is 283 g/mol. The third-order valence-corrected chi connectivity index (χ3v) is 3.95. The van der Waals surface area contributed by atoms with Crippen molar-refractivity contribution in [1.29, 1.82) is 0 Å². The second kappa shape index (κ2) is 5.34. The van der Waals surface area contributed by atoms with Gasteiger partial charge >= 0.3 is 0 Å². The molecule has 0 saturated heterocycles.